The van der Waals surface area contributed by atoms with Gasteiger partial charge in [0.2, 0.25) is 5.91 Å². The molecule has 2 aromatic carbocycles. The van der Waals surface area contributed by atoms with E-state index in [9.17, 15) is 19.5 Å². The summed E-state index contributed by atoms with van der Waals surface area (Å²) in [5.74, 6) is -2.95. The Morgan fingerprint density at radius 2 is 1.91 bits per heavy atom. The van der Waals surface area contributed by atoms with E-state index in [4.69, 9.17) is 9.47 Å². The number of allylic oxidation sites excluding steroid dienone is 1. The van der Waals surface area contributed by atoms with Crippen LogP contribution in [-0.4, -0.2) is 70.8 Å². The number of anilines is 1. The number of amides is 2. The highest BCUT2D eigenvalue weighted by molar-refractivity contribution is 6.05. The molecule has 2 aromatic rings. The van der Waals surface area contributed by atoms with Gasteiger partial charge in [0.1, 0.15) is 17.6 Å². The minimum Gasteiger partial charge on any atom is -0.465 e. The van der Waals surface area contributed by atoms with Gasteiger partial charge in [-0.2, -0.15) is 0 Å². The van der Waals surface area contributed by atoms with Crippen molar-refractivity contribution in [1.82, 2.24) is 4.90 Å². The standard InChI is InChI=1S/C35H44N2O6/c1-6-9-12-20-42-33(41)29-28-31(39)37(27(22-38)23(4)5)30(35(28)18-17-34(29,8-3)43-35)32(40)36(19-7-2)26-16-15-24-13-10-11-14-25(24)21-26/h6-7,10-11,13-16,21,23,27-30,38H,1-2,8-9,12,17-20,22H2,3-5H3/t27-,28-,29-,30?,34+,35?/m0/s1. The van der Waals surface area contributed by atoms with Gasteiger partial charge in [-0.25, -0.2) is 0 Å². The van der Waals surface area contributed by atoms with Gasteiger partial charge in [0.25, 0.3) is 5.91 Å². The molecule has 1 spiro atoms. The van der Waals surface area contributed by atoms with Crippen LogP contribution in [0.1, 0.15) is 52.9 Å². The van der Waals surface area contributed by atoms with Crippen LogP contribution in [0.5, 0.6) is 0 Å². The minimum absolute atomic E-state index is 0.144. The number of unbranched alkanes of at least 4 members (excludes halogenated alkanes) is 1. The number of ether oxygens (including phenoxy) is 2. The number of hydrogen-bond donors (Lipinski definition) is 1. The molecule has 43 heavy (non-hydrogen) atoms. The molecule has 2 bridgehead atoms. The quantitative estimate of drug-likeness (QED) is 0.200. The van der Waals surface area contributed by atoms with Crippen molar-refractivity contribution in [3.05, 3.63) is 67.8 Å². The van der Waals surface area contributed by atoms with Crippen molar-refractivity contribution in [2.24, 2.45) is 17.8 Å². The number of aliphatic hydroxyl groups excluding tert-OH is 1. The lowest BCUT2D eigenvalue weighted by Gasteiger charge is -2.40. The third-order valence-corrected chi connectivity index (χ3v) is 9.84. The van der Waals surface area contributed by atoms with Gasteiger partial charge in [-0.3, -0.25) is 14.4 Å². The summed E-state index contributed by atoms with van der Waals surface area (Å²) in [6.45, 7) is 13.6. The Labute approximate surface area is 254 Å². The monoisotopic (exact) mass is 588 g/mol. The summed E-state index contributed by atoms with van der Waals surface area (Å²) in [7, 11) is 0. The van der Waals surface area contributed by atoms with E-state index in [0.717, 1.165) is 10.8 Å². The second-order valence-electron chi connectivity index (χ2n) is 12.4. The van der Waals surface area contributed by atoms with Gasteiger partial charge in [0, 0.05) is 12.2 Å². The number of fused-ring (bicyclic) bond motifs is 2. The molecule has 2 unspecified atom stereocenters. The van der Waals surface area contributed by atoms with Crippen LogP contribution in [0.4, 0.5) is 5.69 Å². The van der Waals surface area contributed by atoms with Crippen molar-refractivity contribution in [2.75, 3.05) is 24.7 Å². The average molecular weight is 589 g/mol. The SMILES string of the molecule is C=CCCCOC(=O)[C@@H]1[C@H]2C(=O)N([C@@H](CO)C(C)C)C(C(=O)N(CC=C)c3ccc4ccccc4c3)C23CC[C@@]1(CC)O3. The topological polar surface area (TPSA) is 96.4 Å². The minimum atomic E-state index is -1.21. The van der Waals surface area contributed by atoms with Crippen LogP contribution >= 0.6 is 0 Å². The Balaban J connectivity index is 1.60. The predicted octanol–water partition coefficient (Wildman–Crippen LogP) is 5.04. The first-order chi connectivity index (χ1) is 20.7. The fraction of sp³-hybridized carbons (Fsp3) is 0.514. The molecule has 1 N–H and O–H groups in total. The van der Waals surface area contributed by atoms with E-state index >= 15 is 0 Å². The van der Waals surface area contributed by atoms with E-state index < -0.39 is 41.1 Å². The molecule has 0 radical (unpaired) electrons. The molecule has 0 aliphatic carbocycles. The first kappa shape index (κ1) is 31.0. The number of carbonyl (C=O) groups is 3. The Morgan fingerprint density at radius 1 is 1.16 bits per heavy atom. The molecule has 0 aromatic heterocycles. The van der Waals surface area contributed by atoms with Crippen molar-refractivity contribution in [3.8, 4) is 0 Å². The van der Waals surface area contributed by atoms with Crippen LogP contribution in [0.15, 0.2) is 67.8 Å². The number of benzene rings is 2. The molecule has 3 aliphatic heterocycles. The van der Waals surface area contributed by atoms with Crippen LogP contribution in [0.25, 0.3) is 10.8 Å². The molecular weight excluding hydrogens is 544 g/mol. The molecule has 3 saturated heterocycles. The Morgan fingerprint density at radius 3 is 2.56 bits per heavy atom. The Bertz CT molecular complexity index is 1410. The van der Waals surface area contributed by atoms with Gasteiger partial charge < -0.3 is 24.4 Å². The van der Waals surface area contributed by atoms with Gasteiger partial charge in [0.15, 0.2) is 0 Å². The number of aliphatic hydroxyl groups is 1. The third-order valence-electron chi connectivity index (χ3n) is 9.84. The fourth-order valence-corrected chi connectivity index (χ4v) is 7.71. The number of carbonyl (C=O) groups excluding carboxylic acids is 3. The van der Waals surface area contributed by atoms with E-state index in [2.05, 4.69) is 13.2 Å². The van der Waals surface area contributed by atoms with Crippen LogP contribution in [0.2, 0.25) is 0 Å². The number of hydrogen-bond acceptors (Lipinski definition) is 6. The average Bonchev–Trinajstić information content (AvgIpc) is 3.61. The maximum absolute atomic E-state index is 14.9. The summed E-state index contributed by atoms with van der Waals surface area (Å²) in [4.78, 5) is 46.4. The van der Waals surface area contributed by atoms with E-state index in [0.29, 0.717) is 37.8 Å². The molecule has 3 fully saturated rings. The zero-order valence-electron chi connectivity index (χ0n) is 25.5. The Hall–Kier alpha value is -3.49. The zero-order valence-corrected chi connectivity index (χ0v) is 25.5. The largest absolute Gasteiger partial charge is 0.465 e. The lowest BCUT2D eigenvalue weighted by molar-refractivity contribution is -0.162. The maximum Gasteiger partial charge on any atom is 0.312 e. The molecule has 3 aliphatic rings. The second kappa shape index (κ2) is 12.2. The van der Waals surface area contributed by atoms with Gasteiger partial charge in [0.05, 0.1) is 30.8 Å². The summed E-state index contributed by atoms with van der Waals surface area (Å²) in [6, 6.07) is 12.1. The number of esters is 1. The second-order valence-corrected chi connectivity index (χ2v) is 12.4. The van der Waals surface area contributed by atoms with Gasteiger partial charge >= 0.3 is 5.97 Å². The first-order valence-electron chi connectivity index (χ1n) is 15.5. The molecule has 8 heteroatoms. The number of nitrogens with zero attached hydrogens (tertiary/aromatic N) is 2. The number of likely N-dealkylation sites (tertiary alicyclic amines) is 1. The van der Waals surface area contributed by atoms with Crippen molar-refractivity contribution >= 4 is 34.2 Å². The molecule has 5 rings (SSSR count). The first-order valence-corrected chi connectivity index (χ1v) is 15.5. The highest BCUT2D eigenvalue weighted by Gasteiger charge is 2.79. The lowest BCUT2D eigenvalue weighted by atomic mass is 9.65. The third kappa shape index (κ3) is 4.98. The number of rotatable bonds is 13. The van der Waals surface area contributed by atoms with Crippen molar-refractivity contribution in [1.29, 1.82) is 0 Å². The van der Waals surface area contributed by atoms with Crippen LogP contribution in [0, 0.1) is 17.8 Å². The van der Waals surface area contributed by atoms with Crippen molar-refractivity contribution in [3.63, 3.8) is 0 Å². The van der Waals surface area contributed by atoms with Crippen LogP contribution in [-0.2, 0) is 23.9 Å². The van der Waals surface area contributed by atoms with E-state index in [1.54, 1.807) is 17.1 Å². The fourth-order valence-electron chi connectivity index (χ4n) is 7.71. The molecule has 8 nitrogen and oxygen atoms in total. The maximum atomic E-state index is 14.9. The summed E-state index contributed by atoms with van der Waals surface area (Å²) in [5, 5.41) is 12.6. The van der Waals surface area contributed by atoms with Gasteiger partial charge in [-0.05, 0) is 60.9 Å². The predicted molar refractivity (Wildman–Crippen MR) is 166 cm³/mol. The zero-order chi connectivity index (χ0) is 30.9. The summed E-state index contributed by atoms with van der Waals surface area (Å²) in [6.07, 6.45) is 6.31. The summed E-state index contributed by atoms with van der Waals surface area (Å²) < 4.78 is 12.6. The molecule has 230 valence electrons. The summed E-state index contributed by atoms with van der Waals surface area (Å²) in [5.41, 5.74) is -1.43. The highest BCUT2D eigenvalue weighted by Crippen LogP contribution is 2.65. The summed E-state index contributed by atoms with van der Waals surface area (Å²) >= 11 is 0. The molecule has 0 saturated carbocycles. The Kier molecular flexibility index (Phi) is 8.82. The lowest BCUT2D eigenvalue weighted by Crippen LogP contribution is -2.60. The van der Waals surface area contributed by atoms with E-state index in [1.165, 1.54) is 4.90 Å². The van der Waals surface area contributed by atoms with Crippen molar-refractivity contribution in [2.45, 2.75) is 76.2 Å². The molecule has 3 heterocycles. The van der Waals surface area contributed by atoms with Crippen molar-refractivity contribution < 1.29 is 29.0 Å². The van der Waals surface area contributed by atoms with Gasteiger partial charge in [-0.1, -0.05) is 63.3 Å². The van der Waals surface area contributed by atoms with Crippen LogP contribution in [0.3, 0.4) is 0 Å². The smallest absolute Gasteiger partial charge is 0.312 e. The highest BCUT2D eigenvalue weighted by atomic mass is 16.6. The van der Waals surface area contributed by atoms with E-state index in [-0.39, 0.29) is 37.5 Å². The van der Waals surface area contributed by atoms with Crippen LogP contribution < -0.4 is 4.90 Å². The molecule has 6 atom stereocenters. The molecule has 2 amide bonds. The molecular formula is C35H44N2O6. The van der Waals surface area contributed by atoms with Gasteiger partial charge in [-0.15, -0.1) is 13.2 Å². The normalized spacial score (nSPS) is 28.3. The van der Waals surface area contributed by atoms with E-state index in [1.807, 2.05) is 63.2 Å².